The van der Waals surface area contributed by atoms with Gasteiger partial charge in [-0.05, 0) is 12.8 Å². The zero-order valence-corrected chi connectivity index (χ0v) is 10.1. The number of carboxylic acid groups (broad SMARTS) is 1. The molecule has 2 unspecified atom stereocenters. The van der Waals surface area contributed by atoms with Gasteiger partial charge in [-0.3, -0.25) is 4.79 Å². The van der Waals surface area contributed by atoms with Gasteiger partial charge in [-0.1, -0.05) is 13.8 Å². The fourth-order valence-electron chi connectivity index (χ4n) is 1.17. The second kappa shape index (κ2) is 6.45. The van der Waals surface area contributed by atoms with Gasteiger partial charge in [-0.2, -0.15) is 5.26 Å². The molecule has 0 aliphatic carbocycles. The standard InChI is InChI=1S/C9H16N2O4S/c1-3-7(5-9(12)13)11-16(14,15)8(4-2)6-10/h7-8,11H,3-5H2,1-2H3,(H,12,13). The average molecular weight is 248 g/mol. The maximum absolute atomic E-state index is 11.6. The van der Waals surface area contributed by atoms with Gasteiger partial charge in [0.25, 0.3) is 0 Å². The minimum absolute atomic E-state index is 0.176. The van der Waals surface area contributed by atoms with Crippen molar-refractivity contribution in [2.24, 2.45) is 0 Å². The number of aliphatic carboxylic acids is 1. The predicted octanol–water partition coefficient (Wildman–Crippen LogP) is 0.461. The number of sulfonamides is 1. The number of nitrogens with one attached hydrogen (secondary N) is 1. The van der Waals surface area contributed by atoms with E-state index in [9.17, 15) is 13.2 Å². The molecular weight excluding hydrogens is 232 g/mol. The molecule has 0 heterocycles. The van der Waals surface area contributed by atoms with E-state index in [1.165, 1.54) is 0 Å². The largest absolute Gasteiger partial charge is 0.481 e. The summed E-state index contributed by atoms with van der Waals surface area (Å²) in [6, 6.07) is 1.01. The second-order valence-corrected chi connectivity index (χ2v) is 5.29. The number of nitriles is 1. The van der Waals surface area contributed by atoms with E-state index < -0.39 is 27.3 Å². The highest BCUT2D eigenvalue weighted by atomic mass is 32.2. The van der Waals surface area contributed by atoms with Crippen LogP contribution in [0.2, 0.25) is 0 Å². The first-order chi connectivity index (χ1) is 7.37. The van der Waals surface area contributed by atoms with Gasteiger partial charge in [0.1, 0.15) is 0 Å². The molecule has 0 saturated carbocycles. The quantitative estimate of drug-likeness (QED) is 0.680. The van der Waals surface area contributed by atoms with Crippen molar-refractivity contribution in [2.45, 2.75) is 44.4 Å². The monoisotopic (exact) mass is 248 g/mol. The summed E-state index contributed by atoms with van der Waals surface area (Å²) in [5.74, 6) is -1.07. The van der Waals surface area contributed by atoms with Gasteiger partial charge in [-0.25, -0.2) is 13.1 Å². The fraction of sp³-hybridized carbons (Fsp3) is 0.778. The summed E-state index contributed by atoms with van der Waals surface area (Å²) in [6.45, 7) is 3.27. The summed E-state index contributed by atoms with van der Waals surface area (Å²) in [5, 5.41) is 16.1. The van der Waals surface area contributed by atoms with Gasteiger partial charge in [0.05, 0.1) is 12.5 Å². The van der Waals surface area contributed by atoms with Gasteiger partial charge in [0.2, 0.25) is 10.0 Å². The summed E-state index contributed by atoms with van der Waals surface area (Å²) < 4.78 is 25.5. The van der Waals surface area contributed by atoms with Crippen LogP contribution in [0.1, 0.15) is 33.1 Å². The summed E-state index contributed by atoms with van der Waals surface area (Å²) in [4.78, 5) is 10.5. The second-order valence-electron chi connectivity index (χ2n) is 3.39. The Bertz CT molecular complexity index is 371. The van der Waals surface area contributed by atoms with E-state index in [0.717, 1.165) is 0 Å². The maximum atomic E-state index is 11.6. The Labute approximate surface area is 95.3 Å². The molecule has 0 spiro atoms. The van der Waals surface area contributed by atoms with Gasteiger partial charge in [0.15, 0.2) is 5.25 Å². The molecule has 7 heteroatoms. The van der Waals surface area contributed by atoms with E-state index in [-0.39, 0.29) is 12.8 Å². The first-order valence-corrected chi connectivity index (χ1v) is 6.54. The molecule has 2 N–H and O–H groups in total. The molecule has 0 fully saturated rings. The van der Waals surface area contributed by atoms with Crippen LogP contribution in [0.4, 0.5) is 0 Å². The van der Waals surface area contributed by atoms with E-state index >= 15 is 0 Å². The third-order valence-electron chi connectivity index (χ3n) is 2.13. The molecule has 2 atom stereocenters. The first kappa shape index (κ1) is 14.9. The highest BCUT2D eigenvalue weighted by molar-refractivity contribution is 7.90. The fourth-order valence-corrected chi connectivity index (χ4v) is 2.63. The van der Waals surface area contributed by atoms with Crippen LogP contribution in [0.5, 0.6) is 0 Å². The third kappa shape index (κ3) is 4.59. The Morgan fingerprint density at radius 2 is 2.00 bits per heavy atom. The lowest BCUT2D eigenvalue weighted by Crippen LogP contribution is -2.41. The van der Waals surface area contributed by atoms with Crippen LogP contribution < -0.4 is 4.72 Å². The lowest BCUT2D eigenvalue weighted by molar-refractivity contribution is -0.137. The summed E-state index contributed by atoms with van der Waals surface area (Å²) in [7, 11) is -3.75. The van der Waals surface area contributed by atoms with Crippen LogP contribution in [0, 0.1) is 11.3 Å². The molecule has 0 amide bonds. The van der Waals surface area contributed by atoms with Crippen molar-refractivity contribution in [1.29, 1.82) is 5.26 Å². The van der Waals surface area contributed by atoms with Gasteiger partial charge in [-0.15, -0.1) is 0 Å². The van der Waals surface area contributed by atoms with Crippen LogP contribution in [-0.2, 0) is 14.8 Å². The van der Waals surface area contributed by atoms with Gasteiger partial charge >= 0.3 is 5.97 Å². The lowest BCUT2D eigenvalue weighted by Gasteiger charge is -2.16. The van der Waals surface area contributed by atoms with Crippen molar-refractivity contribution >= 4 is 16.0 Å². The molecule has 0 aromatic heterocycles. The van der Waals surface area contributed by atoms with Crippen molar-refractivity contribution < 1.29 is 18.3 Å². The van der Waals surface area contributed by atoms with Gasteiger partial charge in [0, 0.05) is 6.04 Å². The first-order valence-electron chi connectivity index (χ1n) is 4.99. The van der Waals surface area contributed by atoms with Crippen molar-refractivity contribution in [3.63, 3.8) is 0 Å². The predicted molar refractivity (Wildman–Crippen MR) is 58.1 cm³/mol. The van der Waals surface area contributed by atoms with E-state index in [4.69, 9.17) is 10.4 Å². The molecule has 0 saturated heterocycles. The number of rotatable bonds is 7. The van der Waals surface area contributed by atoms with Crippen LogP contribution in [-0.4, -0.2) is 30.8 Å². The van der Waals surface area contributed by atoms with Crippen molar-refractivity contribution in [2.75, 3.05) is 0 Å². The average Bonchev–Trinajstić information content (AvgIpc) is 2.16. The maximum Gasteiger partial charge on any atom is 0.304 e. The van der Waals surface area contributed by atoms with Crippen LogP contribution in [0.15, 0.2) is 0 Å². The normalized spacial score (nSPS) is 15.1. The Morgan fingerprint density at radius 3 is 2.31 bits per heavy atom. The number of carboxylic acids is 1. The van der Waals surface area contributed by atoms with Crippen molar-refractivity contribution in [3.8, 4) is 6.07 Å². The zero-order valence-electron chi connectivity index (χ0n) is 9.30. The van der Waals surface area contributed by atoms with Crippen LogP contribution in [0.25, 0.3) is 0 Å². The summed E-state index contributed by atoms with van der Waals surface area (Å²) in [5.41, 5.74) is 0. The minimum atomic E-state index is -3.75. The van der Waals surface area contributed by atoms with Crippen molar-refractivity contribution in [1.82, 2.24) is 4.72 Å². The number of nitrogens with zero attached hydrogens (tertiary/aromatic N) is 1. The molecule has 92 valence electrons. The Hall–Kier alpha value is -1.13. The topological polar surface area (TPSA) is 107 Å². The molecule has 0 aromatic rings. The number of carbonyl (C=O) groups is 1. The summed E-state index contributed by atoms with van der Waals surface area (Å²) >= 11 is 0. The van der Waals surface area contributed by atoms with Gasteiger partial charge < -0.3 is 5.11 Å². The van der Waals surface area contributed by atoms with E-state index in [2.05, 4.69) is 4.72 Å². The number of hydrogen-bond acceptors (Lipinski definition) is 4. The number of hydrogen-bond donors (Lipinski definition) is 2. The summed E-state index contributed by atoms with van der Waals surface area (Å²) in [6.07, 6.45) is 0.264. The van der Waals surface area contributed by atoms with E-state index in [1.807, 2.05) is 0 Å². The molecule has 0 rings (SSSR count). The highest BCUT2D eigenvalue weighted by Crippen LogP contribution is 2.07. The zero-order chi connectivity index (χ0) is 12.8. The van der Waals surface area contributed by atoms with Crippen LogP contribution in [0.3, 0.4) is 0 Å². The molecule has 0 radical (unpaired) electrons. The van der Waals surface area contributed by atoms with E-state index in [1.54, 1.807) is 19.9 Å². The highest BCUT2D eigenvalue weighted by Gasteiger charge is 2.26. The molecule has 0 aromatic carbocycles. The molecule has 16 heavy (non-hydrogen) atoms. The van der Waals surface area contributed by atoms with Crippen LogP contribution >= 0.6 is 0 Å². The minimum Gasteiger partial charge on any atom is -0.481 e. The molecule has 6 nitrogen and oxygen atoms in total. The molecule has 0 aliphatic heterocycles. The smallest absolute Gasteiger partial charge is 0.304 e. The Balaban J connectivity index is 4.68. The third-order valence-corrected chi connectivity index (χ3v) is 3.98. The molecular formula is C9H16N2O4S. The SMILES string of the molecule is CCC(CC(=O)O)NS(=O)(=O)C(C#N)CC. The van der Waals surface area contributed by atoms with E-state index in [0.29, 0.717) is 6.42 Å². The Kier molecular flexibility index (Phi) is 6.00. The Morgan fingerprint density at radius 1 is 1.44 bits per heavy atom. The van der Waals surface area contributed by atoms with Crippen molar-refractivity contribution in [3.05, 3.63) is 0 Å². The molecule has 0 aliphatic rings. The molecule has 0 bridgehead atoms. The lowest BCUT2D eigenvalue weighted by atomic mass is 10.2.